The van der Waals surface area contributed by atoms with Crippen molar-refractivity contribution >= 4 is 29.3 Å². The molecule has 2 aliphatic rings. The van der Waals surface area contributed by atoms with Crippen molar-refractivity contribution in [2.24, 2.45) is 0 Å². The summed E-state index contributed by atoms with van der Waals surface area (Å²) in [5, 5.41) is 4.85. The maximum absolute atomic E-state index is 13.3. The van der Waals surface area contributed by atoms with Gasteiger partial charge in [-0.25, -0.2) is 4.79 Å². The number of amides is 2. The number of carbonyl (C=O) groups is 2. The fourth-order valence-electron chi connectivity index (χ4n) is 4.28. The lowest BCUT2D eigenvalue weighted by atomic mass is 10.0. The van der Waals surface area contributed by atoms with Crippen molar-refractivity contribution in [3.8, 4) is 0 Å². The molecule has 3 aromatic rings. The Bertz CT molecular complexity index is 1120. The Morgan fingerprint density at radius 3 is 2.68 bits per heavy atom. The number of anilines is 1. The number of ether oxygens (including phenoxy) is 1. The van der Waals surface area contributed by atoms with E-state index < -0.39 is 11.7 Å². The quantitative estimate of drug-likeness (QED) is 0.623. The van der Waals surface area contributed by atoms with Crippen LogP contribution < -0.4 is 4.90 Å². The third-order valence-electron chi connectivity index (χ3n) is 5.85. The first-order valence-corrected chi connectivity index (χ1v) is 10.5. The van der Waals surface area contributed by atoms with Gasteiger partial charge >= 0.3 is 6.09 Å². The summed E-state index contributed by atoms with van der Waals surface area (Å²) >= 11 is 5.96. The van der Waals surface area contributed by atoms with E-state index in [1.54, 1.807) is 44.9 Å². The average Bonchev–Trinajstić information content (AvgIpc) is 3.50. The first kappa shape index (κ1) is 19.6. The molecule has 0 bridgehead atoms. The molecule has 7 nitrogen and oxygen atoms in total. The van der Waals surface area contributed by atoms with Crippen molar-refractivity contribution in [2.45, 2.75) is 18.6 Å². The fraction of sp³-hybridized carbons (Fsp3) is 0.261. The number of hydrogen-bond donors (Lipinski definition) is 0. The second kappa shape index (κ2) is 7.74. The molecule has 0 unspecified atom stereocenters. The molecule has 0 saturated carbocycles. The average molecular weight is 437 g/mol. The zero-order chi connectivity index (χ0) is 21.4. The Kier molecular flexibility index (Phi) is 4.90. The number of aromatic nitrogens is 2. The van der Waals surface area contributed by atoms with E-state index in [0.29, 0.717) is 43.2 Å². The van der Waals surface area contributed by atoms with Crippen LogP contribution in [0.25, 0.3) is 0 Å². The first-order valence-electron chi connectivity index (χ1n) is 10.1. The summed E-state index contributed by atoms with van der Waals surface area (Å²) < 4.78 is 7.58. The first-order chi connectivity index (χ1) is 15.0. The van der Waals surface area contributed by atoms with Gasteiger partial charge in [0.15, 0.2) is 5.60 Å². The van der Waals surface area contributed by atoms with Gasteiger partial charge in [-0.3, -0.25) is 14.4 Å². The van der Waals surface area contributed by atoms with Crippen LogP contribution in [0.2, 0.25) is 5.02 Å². The zero-order valence-corrected chi connectivity index (χ0v) is 17.5. The van der Waals surface area contributed by atoms with Crippen LogP contribution in [0.15, 0.2) is 67.0 Å². The molecule has 2 aliphatic heterocycles. The highest BCUT2D eigenvalue weighted by molar-refractivity contribution is 6.30. The van der Waals surface area contributed by atoms with Crippen molar-refractivity contribution in [1.82, 2.24) is 14.7 Å². The van der Waals surface area contributed by atoms with Gasteiger partial charge in [-0.2, -0.15) is 5.10 Å². The van der Waals surface area contributed by atoms with E-state index in [1.165, 1.54) is 0 Å². The number of hydrogen-bond acceptors (Lipinski definition) is 4. The summed E-state index contributed by atoms with van der Waals surface area (Å²) in [7, 11) is 0. The van der Waals surface area contributed by atoms with Crippen LogP contribution in [0, 0.1) is 0 Å². The molecule has 2 amide bonds. The minimum absolute atomic E-state index is 0.0550. The lowest BCUT2D eigenvalue weighted by Gasteiger charge is -2.23. The second-order valence-electron chi connectivity index (χ2n) is 7.95. The van der Waals surface area contributed by atoms with E-state index in [0.717, 1.165) is 11.3 Å². The Morgan fingerprint density at radius 1 is 1.10 bits per heavy atom. The van der Waals surface area contributed by atoms with E-state index in [-0.39, 0.29) is 5.91 Å². The maximum atomic E-state index is 13.3. The minimum atomic E-state index is -0.691. The summed E-state index contributed by atoms with van der Waals surface area (Å²) in [5.41, 5.74) is 1.60. The van der Waals surface area contributed by atoms with Crippen molar-refractivity contribution in [3.63, 3.8) is 0 Å². The molecule has 2 saturated heterocycles. The fourth-order valence-corrected chi connectivity index (χ4v) is 4.41. The molecule has 1 spiro atoms. The third kappa shape index (κ3) is 3.77. The molecule has 1 aromatic heterocycles. The van der Waals surface area contributed by atoms with E-state index >= 15 is 0 Å². The van der Waals surface area contributed by atoms with Crippen molar-refractivity contribution < 1.29 is 14.3 Å². The van der Waals surface area contributed by atoms with Crippen molar-refractivity contribution in [2.75, 3.05) is 24.5 Å². The van der Waals surface area contributed by atoms with Crippen molar-refractivity contribution in [3.05, 3.63) is 83.1 Å². The molecule has 158 valence electrons. The van der Waals surface area contributed by atoms with Crippen LogP contribution >= 0.6 is 11.6 Å². The minimum Gasteiger partial charge on any atom is -0.439 e. The lowest BCUT2D eigenvalue weighted by Crippen LogP contribution is -2.39. The van der Waals surface area contributed by atoms with Crippen LogP contribution in [-0.4, -0.2) is 51.9 Å². The summed E-state index contributed by atoms with van der Waals surface area (Å²) in [5.74, 6) is -0.0550. The largest absolute Gasteiger partial charge is 0.439 e. The SMILES string of the molecule is O=C(c1ccccc1Cn1cccn1)N1CC[C@@]2(C1)CN(c1ccc(Cl)cc1)C(=O)O2. The lowest BCUT2D eigenvalue weighted by molar-refractivity contribution is 0.0553. The van der Waals surface area contributed by atoms with Crippen LogP contribution in [0.4, 0.5) is 10.5 Å². The Balaban J connectivity index is 1.33. The smallest absolute Gasteiger partial charge is 0.415 e. The molecule has 2 fully saturated rings. The van der Waals surface area contributed by atoms with E-state index in [1.807, 2.05) is 36.5 Å². The van der Waals surface area contributed by atoms with Gasteiger partial charge in [-0.1, -0.05) is 29.8 Å². The number of rotatable bonds is 4. The Labute approximate surface area is 184 Å². The molecular weight excluding hydrogens is 416 g/mol. The summed E-state index contributed by atoms with van der Waals surface area (Å²) in [6.45, 7) is 1.84. The van der Waals surface area contributed by atoms with E-state index in [2.05, 4.69) is 5.10 Å². The van der Waals surface area contributed by atoms with Gasteiger partial charge in [0, 0.05) is 41.6 Å². The molecule has 1 atom stereocenters. The summed E-state index contributed by atoms with van der Waals surface area (Å²) in [4.78, 5) is 29.3. The molecule has 0 radical (unpaired) electrons. The van der Waals surface area contributed by atoms with Gasteiger partial charge < -0.3 is 9.64 Å². The van der Waals surface area contributed by atoms with E-state index in [9.17, 15) is 9.59 Å². The monoisotopic (exact) mass is 436 g/mol. The third-order valence-corrected chi connectivity index (χ3v) is 6.10. The molecular formula is C23H21ClN4O3. The topological polar surface area (TPSA) is 67.7 Å². The molecule has 3 heterocycles. The molecule has 31 heavy (non-hydrogen) atoms. The summed E-state index contributed by atoms with van der Waals surface area (Å²) in [6, 6.07) is 16.5. The van der Waals surface area contributed by atoms with Crippen molar-refractivity contribution in [1.29, 1.82) is 0 Å². The predicted octanol–water partition coefficient (Wildman–Crippen LogP) is 3.83. The number of likely N-dealkylation sites (tertiary alicyclic amines) is 1. The summed E-state index contributed by atoms with van der Waals surface area (Å²) in [6.07, 6.45) is 3.80. The van der Waals surface area contributed by atoms with Gasteiger partial charge in [0.05, 0.1) is 19.6 Å². The molecule has 8 heteroatoms. The molecule has 2 aromatic carbocycles. The number of carbonyl (C=O) groups excluding carboxylic acids is 2. The highest BCUT2D eigenvalue weighted by Gasteiger charge is 2.51. The van der Waals surface area contributed by atoms with E-state index in [4.69, 9.17) is 16.3 Å². The van der Waals surface area contributed by atoms with Crippen LogP contribution in [0.3, 0.4) is 0 Å². The van der Waals surface area contributed by atoms with Gasteiger partial charge in [-0.05, 0) is 42.0 Å². The normalized spacial score (nSPS) is 20.5. The standard InChI is InChI=1S/C23H21ClN4O3/c24-18-6-8-19(9-7-18)28-16-23(31-22(28)30)10-13-26(15-23)21(29)20-5-2-1-4-17(20)14-27-12-3-11-25-27/h1-9,11-12H,10,13-16H2/t23-/m1/s1. The number of benzene rings is 2. The Morgan fingerprint density at radius 2 is 1.90 bits per heavy atom. The van der Waals surface area contributed by atoms with Crippen LogP contribution in [-0.2, 0) is 11.3 Å². The molecule has 0 aliphatic carbocycles. The zero-order valence-electron chi connectivity index (χ0n) is 16.8. The van der Waals surface area contributed by atoms with Gasteiger partial charge in [0.25, 0.3) is 5.91 Å². The maximum Gasteiger partial charge on any atom is 0.415 e. The highest BCUT2D eigenvalue weighted by Crippen LogP contribution is 2.36. The van der Waals surface area contributed by atoms with Gasteiger partial charge in [-0.15, -0.1) is 0 Å². The van der Waals surface area contributed by atoms with Crippen LogP contribution in [0.5, 0.6) is 0 Å². The van der Waals surface area contributed by atoms with Gasteiger partial charge in [0.1, 0.15) is 0 Å². The molecule has 0 N–H and O–H groups in total. The number of nitrogens with zero attached hydrogens (tertiary/aromatic N) is 4. The molecule has 5 rings (SSSR count). The second-order valence-corrected chi connectivity index (χ2v) is 8.39. The van der Waals surface area contributed by atoms with Gasteiger partial charge in [0.2, 0.25) is 0 Å². The van der Waals surface area contributed by atoms with Crippen LogP contribution in [0.1, 0.15) is 22.3 Å². The highest BCUT2D eigenvalue weighted by atomic mass is 35.5. The predicted molar refractivity (Wildman–Crippen MR) is 116 cm³/mol. The number of halogens is 1. The Hall–Kier alpha value is -3.32.